The van der Waals surface area contributed by atoms with E-state index in [-0.39, 0.29) is 31.2 Å². The molecule has 0 unspecified atom stereocenters. The van der Waals surface area contributed by atoms with Gasteiger partial charge in [-0.1, -0.05) is 54.1 Å². The van der Waals surface area contributed by atoms with Crippen LogP contribution in [-0.4, -0.2) is 70.6 Å². The van der Waals surface area contributed by atoms with Crippen LogP contribution in [0.15, 0.2) is 103 Å². The second kappa shape index (κ2) is 17.3. The molecule has 0 saturated heterocycles. The molecule has 4 rings (SSSR count). The van der Waals surface area contributed by atoms with Crippen LogP contribution in [0, 0.1) is 0 Å². The molecule has 254 valence electrons. The first-order chi connectivity index (χ1) is 23.5. The number of esters is 1. The minimum atomic E-state index is -0.671. The van der Waals surface area contributed by atoms with E-state index in [4.69, 9.17) is 21.1 Å². The van der Waals surface area contributed by atoms with Crippen molar-refractivity contribution >= 4 is 64.1 Å². The van der Waals surface area contributed by atoms with E-state index in [1.165, 1.54) is 27.9 Å². The molecule has 2 N–H and O–H groups in total. The molecular formula is C36H36ClN5O7. The molecule has 49 heavy (non-hydrogen) atoms. The van der Waals surface area contributed by atoms with E-state index < -0.39 is 30.4 Å². The van der Waals surface area contributed by atoms with Crippen LogP contribution in [0.2, 0.25) is 5.02 Å². The normalized spacial score (nSPS) is 10.4. The van der Waals surface area contributed by atoms with Gasteiger partial charge in [0.1, 0.15) is 12.3 Å². The summed E-state index contributed by atoms with van der Waals surface area (Å²) in [5.41, 5.74) is 2.58. The number of para-hydroxylation sites is 1. The molecule has 12 nitrogen and oxygen atoms in total. The van der Waals surface area contributed by atoms with Gasteiger partial charge in [-0.2, -0.15) is 0 Å². The van der Waals surface area contributed by atoms with Crippen LogP contribution in [0.1, 0.15) is 5.56 Å². The summed E-state index contributed by atoms with van der Waals surface area (Å²) in [6.07, 6.45) is 0.0298. The largest absolute Gasteiger partial charge is 0.484 e. The summed E-state index contributed by atoms with van der Waals surface area (Å²) >= 11 is 6.06. The molecule has 0 aliphatic heterocycles. The standard InChI is InChI=1S/C36H36ClN5O7/c1-40(28-13-5-4-6-14-28)33(44)23-42(32(43)22-38-36(47)39-27-12-7-10-25(18-27)19-35(46)48-3)30-16-9-17-31(21-30)49-24-34(45)41(2)29-15-8-11-26(37)20-29/h4-18,20-21H,19,22-24H2,1-3H3,(H2,38,39,47). The molecule has 0 atom stereocenters. The van der Waals surface area contributed by atoms with Gasteiger partial charge in [0.25, 0.3) is 5.91 Å². The van der Waals surface area contributed by atoms with Crippen LogP contribution >= 0.6 is 11.6 Å². The maximum absolute atomic E-state index is 13.6. The number of urea groups is 1. The average molecular weight is 686 g/mol. The quantitative estimate of drug-likeness (QED) is 0.191. The maximum atomic E-state index is 13.6. The van der Waals surface area contributed by atoms with Crippen molar-refractivity contribution in [3.63, 3.8) is 0 Å². The second-order valence-electron chi connectivity index (χ2n) is 10.7. The van der Waals surface area contributed by atoms with Crippen molar-refractivity contribution in [1.82, 2.24) is 5.32 Å². The summed E-state index contributed by atoms with van der Waals surface area (Å²) in [6.45, 7) is -1.12. The fourth-order valence-corrected chi connectivity index (χ4v) is 4.78. The third kappa shape index (κ3) is 10.6. The molecule has 4 aromatic rings. The topological polar surface area (TPSA) is 138 Å². The Hall–Kier alpha value is -5.88. The lowest BCUT2D eigenvalue weighted by molar-refractivity contribution is -0.139. The number of carbonyl (C=O) groups excluding carboxylic acids is 5. The fourth-order valence-electron chi connectivity index (χ4n) is 4.60. The number of nitrogens with one attached hydrogen (secondary N) is 2. The molecule has 0 spiro atoms. The van der Waals surface area contributed by atoms with E-state index in [1.54, 1.807) is 105 Å². The zero-order valence-electron chi connectivity index (χ0n) is 27.2. The first kappa shape index (κ1) is 36.0. The number of halogens is 1. The molecule has 5 amide bonds. The molecule has 4 aromatic carbocycles. The van der Waals surface area contributed by atoms with Gasteiger partial charge < -0.3 is 34.8 Å². The Balaban J connectivity index is 1.46. The number of likely N-dealkylation sites (N-methyl/N-ethyl adjacent to an activating group) is 2. The highest BCUT2D eigenvalue weighted by Crippen LogP contribution is 2.23. The van der Waals surface area contributed by atoms with Gasteiger partial charge in [0.05, 0.1) is 20.1 Å². The van der Waals surface area contributed by atoms with Gasteiger partial charge in [0.2, 0.25) is 11.8 Å². The summed E-state index contributed by atoms with van der Waals surface area (Å²) in [5.74, 6) is -1.46. The Morgan fingerprint density at radius 1 is 0.714 bits per heavy atom. The zero-order chi connectivity index (χ0) is 35.3. The highest BCUT2D eigenvalue weighted by Gasteiger charge is 2.23. The van der Waals surface area contributed by atoms with Crippen LogP contribution in [0.5, 0.6) is 5.75 Å². The maximum Gasteiger partial charge on any atom is 0.319 e. The van der Waals surface area contributed by atoms with E-state index in [0.29, 0.717) is 33.3 Å². The Morgan fingerprint density at radius 2 is 1.39 bits per heavy atom. The monoisotopic (exact) mass is 685 g/mol. The van der Waals surface area contributed by atoms with Crippen molar-refractivity contribution in [3.05, 3.63) is 114 Å². The SMILES string of the molecule is COC(=O)Cc1cccc(NC(=O)NCC(=O)N(CC(=O)N(C)c2ccccc2)c2cccc(OCC(=O)N(C)c3cccc(Cl)c3)c2)c1. The number of ether oxygens (including phenoxy) is 2. The van der Waals surface area contributed by atoms with E-state index in [9.17, 15) is 24.0 Å². The summed E-state index contributed by atoms with van der Waals surface area (Å²) in [5, 5.41) is 5.65. The molecule has 0 saturated carbocycles. The lowest BCUT2D eigenvalue weighted by Gasteiger charge is -2.26. The minimum Gasteiger partial charge on any atom is -0.484 e. The smallest absolute Gasteiger partial charge is 0.319 e. The number of hydrogen-bond donors (Lipinski definition) is 2. The number of benzene rings is 4. The molecule has 0 aliphatic carbocycles. The molecule has 0 aliphatic rings. The predicted molar refractivity (Wildman–Crippen MR) is 188 cm³/mol. The summed E-state index contributed by atoms with van der Waals surface area (Å²) in [4.78, 5) is 68.3. The lowest BCUT2D eigenvalue weighted by atomic mass is 10.1. The Kier molecular flexibility index (Phi) is 12.7. The van der Waals surface area contributed by atoms with Gasteiger partial charge in [0, 0.05) is 47.9 Å². The van der Waals surface area contributed by atoms with Crippen molar-refractivity contribution in [2.24, 2.45) is 0 Å². The van der Waals surface area contributed by atoms with E-state index >= 15 is 0 Å². The third-order valence-corrected chi connectivity index (χ3v) is 7.57. The highest BCUT2D eigenvalue weighted by molar-refractivity contribution is 6.30. The number of nitrogens with zero attached hydrogens (tertiary/aromatic N) is 3. The predicted octanol–water partition coefficient (Wildman–Crippen LogP) is 4.92. The van der Waals surface area contributed by atoms with Gasteiger partial charge >= 0.3 is 12.0 Å². The number of rotatable bonds is 13. The lowest BCUT2D eigenvalue weighted by Crippen LogP contribution is -2.46. The minimum absolute atomic E-state index is 0.0298. The summed E-state index contributed by atoms with van der Waals surface area (Å²) < 4.78 is 10.5. The van der Waals surface area contributed by atoms with Gasteiger partial charge in [-0.05, 0) is 60.2 Å². The number of hydrogen-bond acceptors (Lipinski definition) is 7. The van der Waals surface area contributed by atoms with Crippen LogP contribution < -0.4 is 30.1 Å². The summed E-state index contributed by atoms with van der Waals surface area (Å²) in [7, 11) is 4.49. The molecule has 0 heterocycles. The number of methoxy groups -OCH3 is 1. The number of carbonyl (C=O) groups is 5. The van der Waals surface area contributed by atoms with E-state index in [2.05, 4.69) is 10.6 Å². The van der Waals surface area contributed by atoms with Crippen LogP contribution in [0.3, 0.4) is 0 Å². The number of amides is 5. The van der Waals surface area contributed by atoms with Crippen molar-refractivity contribution in [1.29, 1.82) is 0 Å². The Labute approximate surface area is 289 Å². The molecule has 0 aromatic heterocycles. The first-order valence-electron chi connectivity index (χ1n) is 15.1. The van der Waals surface area contributed by atoms with Crippen LogP contribution in [-0.2, 0) is 30.3 Å². The molecule has 0 radical (unpaired) electrons. The fraction of sp³-hybridized carbons (Fsp3) is 0.194. The first-order valence-corrected chi connectivity index (χ1v) is 15.5. The molecule has 13 heteroatoms. The van der Waals surface area contributed by atoms with Crippen molar-refractivity contribution < 1.29 is 33.4 Å². The third-order valence-electron chi connectivity index (χ3n) is 7.33. The molecular weight excluding hydrogens is 650 g/mol. The Bertz CT molecular complexity index is 1800. The van der Waals surface area contributed by atoms with Crippen molar-refractivity contribution in [2.45, 2.75) is 6.42 Å². The van der Waals surface area contributed by atoms with Crippen LogP contribution in [0.4, 0.5) is 27.5 Å². The second-order valence-corrected chi connectivity index (χ2v) is 11.2. The highest BCUT2D eigenvalue weighted by atomic mass is 35.5. The summed E-state index contributed by atoms with van der Waals surface area (Å²) in [6, 6.07) is 28.2. The van der Waals surface area contributed by atoms with Crippen LogP contribution in [0.25, 0.3) is 0 Å². The molecule has 0 bridgehead atoms. The van der Waals surface area contributed by atoms with Gasteiger partial charge in [-0.25, -0.2) is 4.79 Å². The van der Waals surface area contributed by atoms with Crippen molar-refractivity contribution in [3.8, 4) is 5.75 Å². The number of anilines is 4. The van der Waals surface area contributed by atoms with Gasteiger partial charge in [-0.15, -0.1) is 0 Å². The average Bonchev–Trinajstić information content (AvgIpc) is 3.11. The molecule has 0 fully saturated rings. The zero-order valence-corrected chi connectivity index (χ0v) is 28.0. The Morgan fingerprint density at radius 3 is 2.12 bits per heavy atom. The van der Waals surface area contributed by atoms with Gasteiger partial charge in [-0.3, -0.25) is 19.2 Å². The van der Waals surface area contributed by atoms with E-state index in [0.717, 1.165) is 0 Å². The van der Waals surface area contributed by atoms with Crippen molar-refractivity contribution in [2.75, 3.05) is 60.9 Å². The van der Waals surface area contributed by atoms with Gasteiger partial charge in [0.15, 0.2) is 6.61 Å². The van der Waals surface area contributed by atoms with E-state index in [1.807, 2.05) is 6.07 Å².